The topological polar surface area (TPSA) is 76.1 Å². The molecular formula is C20H17NO5S2. The van der Waals surface area contributed by atoms with E-state index in [4.69, 9.17) is 26.8 Å². The van der Waals surface area contributed by atoms with Gasteiger partial charge in [-0.25, -0.2) is 4.79 Å². The molecule has 0 unspecified atom stereocenters. The highest BCUT2D eigenvalue weighted by molar-refractivity contribution is 8.26. The van der Waals surface area contributed by atoms with Gasteiger partial charge in [0.25, 0.3) is 5.91 Å². The monoisotopic (exact) mass is 415 g/mol. The highest BCUT2D eigenvalue weighted by Crippen LogP contribution is 2.38. The van der Waals surface area contributed by atoms with Crippen LogP contribution < -0.4 is 9.47 Å². The standard InChI is InChI=1S/C20H17NO5S2/c1-25-15-9-5-8-14(18(15)26-12-17(22)23)10-16-19(24)21(20(27)28-16)11-13-6-3-2-4-7-13/h2-10H,11-12H2,1H3,(H,22,23)/b16-10-. The van der Waals surface area contributed by atoms with E-state index >= 15 is 0 Å². The number of benzene rings is 2. The number of aliphatic carboxylic acids is 1. The molecule has 1 heterocycles. The van der Waals surface area contributed by atoms with Crippen LogP contribution in [-0.4, -0.2) is 39.9 Å². The fourth-order valence-corrected chi connectivity index (χ4v) is 3.89. The van der Waals surface area contributed by atoms with E-state index in [1.807, 2.05) is 30.3 Å². The lowest BCUT2D eigenvalue weighted by Gasteiger charge is -2.14. The van der Waals surface area contributed by atoms with E-state index in [2.05, 4.69) is 0 Å². The Morgan fingerprint density at radius 1 is 1.21 bits per heavy atom. The Morgan fingerprint density at radius 2 is 1.96 bits per heavy atom. The minimum Gasteiger partial charge on any atom is -0.493 e. The van der Waals surface area contributed by atoms with E-state index in [1.54, 1.807) is 29.2 Å². The molecule has 0 bridgehead atoms. The lowest BCUT2D eigenvalue weighted by atomic mass is 10.1. The van der Waals surface area contributed by atoms with Gasteiger partial charge in [0.2, 0.25) is 0 Å². The van der Waals surface area contributed by atoms with Crippen molar-refractivity contribution in [1.82, 2.24) is 4.90 Å². The number of hydrogen-bond donors (Lipinski definition) is 1. The molecule has 0 atom stereocenters. The molecule has 0 radical (unpaired) electrons. The summed E-state index contributed by atoms with van der Waals surface area (Å²) in [6.45, 7) is -0.125. The average Bonchev–Trinajstić information content (AvgIpc) is 2.95. The summed E-state index contributed by atoms with van der Waals surface area (Å²) in [7, 11) is 1.46. The third-order valence-corrected chi connectivity index (χ3v) is 5.29. The van der Waals surface area contributed by atoms with Crippen LogP contribution >= 0.6 is 24.0 Å². The Morgan fingerprint density at radius 3 is 2.64 bits per heavy atom. The molecule has 3 rings (SSSR count). The van der Waals surface area contributed by atoms with Crippen molar-refractivity contribution in [2.45, 2.75) is 6.54 Å². The number of para-hydroxylation sites is 1. The van der Waals surface area contributed by atoms with Crippen molar-refractivity contribution >= 4 is 46.3 Å². The van der Waals surface area contributed by atoms with Crippen molar-refractivity contribution < 1.29 is 24.2 Å². The first-order chi connectivity index (χ1) is 13.5. The Kier molecular flexibility index (Phi) is 6.33. The second kappa shape index (κ2) is 8.90. The van der Waals surface area contributed by atoms with Crippen LogP contribution in [0.5, 0.6) is 11.5 Å². The maximum absolute atomic E-state index is 12.8. The summed E-state index contributed by atoms with van der Waals surface area (Å²) >= 11 is 6.57. The number of carbonyl (C=O) groups is 2. The fourth-order valence-electron chi connectivity index (χ4n) is 2.64. The van der Waals surface area contributed by atoms with Gasteiger partial charge in [-0.2, -0.15) is 0 Å². The number of amides is 1. The third-order valence-electron chi connectivity index (χ3n) is 3.91. The molecule has 0 spiro atoms. The van der Waals surface area contributed by atoms with E-state index in [0.717, 1.165) is 5.56 Å². The molecule has 1 aliphatic rings. The first-order valence-electron chi connectivity index (χ1n) is 8.30. The number of methoxy groups -OCH3 is 1. The van der Waals surface area contributed by atoms with Crippen LogP contribution in [0.3, 0.4) is 0 Å². The normalized spacial score (nSPS) is 15.2. The van der Waals surface area contributed by atoms with Gasteiger partial charge >= 0.3 is 5.97 Å². The van der Waals surface area contributed by atoms with Gasteiger partial charge in [0.15, 0.2) is 18.1 Å². The summed E-state index contributed by atoms with van der Waals surface area (Å²) in [5.74, 6) is -0.660. The van der Waals surface area contributed by atoms with Crippen LogP contribution in [0.2, 0.25) is 0 Å². The molecule has 2 aromatic carbocycles. The first kappa shape index (κ1) is 19.9. The number of thioether (sulfide) groups is 1. The average molecular weight is 415 g/mol. The minimum absolute atomic E-state index is 0.203. The molecule has 1 N–H and O–H groups in total. The lowest BCUT2D eigenvalue weighted by molar-refractivity contribution is -0.139. The Hall–Kier alpha value is -2.84. The highest BCUT2D eigenvalue weighted by Gasteiger charge is 2.32. The van der Waals surface area contributed by atoms with Crippen LogP contribution in [0.1, 0.15) is 11.1 Å². The van der Waals surface area contributed by atoms with E-state index < -0.39 is 12.6 Å². The molecule has 144 valence electrons. The molecule has 1 amide bonds. The fraction of sp³-hybridized carbons (Fsp3) is 0.150. The van der Waals surface area contributed by atoms with Gasteiger partial charge in [-0.05, 0) is 17.7 Å². The quantitative estimate of drug-likeness (QED) is 0.547. The van der Waals surface area contributed by atoms with Crippen molar-refractivity contribution in [3.8, 4) is 11.5 Å². The largest absolute Gasteiger partial charge is 0.493 e. The molecule has 2 aromatic rings. The molecule has 0 aliphatic carbocycles. The molecule has 0 saturated carbocycles. The second-order valence-electron chi connectivity index (χ2n) is 5.81. The second-order valence-corrected chi connectivity index (χ2v) is 7.49. The van der Waals surface area contributed by atoms with Crippen LogP contribution in [0.15, 0.2) is 53.4 Å². The predicted octanol–water partition coefficient (Wildman–Crippen LogP) is 3.56. The van der Waals surface area contributed by atoms with Crippen molar-refractivity contribution in [3.05, 3.63) is 64.6 Å². The van der Waals surface area contributed by atoms with Gasteiger partial charge in [0, 0.05) is 5.56 Å². The number of nitrogens with zero attached hydrogens (tertiary/aromatic N) is 1. The predicted molar refractivity (Wildman–Crippen MR) is 111 cm³/mol. The highest BCUT2D eigenvalue weighted by atomic mass is 32.2. The molecule has 28 heavy (non-hydrogen) atoms. The van der Waals surface area contributed by atoms with E-state index in [-0.39, 0.29) is 11.7 Å². The first-order valence-corrected chi connectivity index (χ1v) is 9.53. The summed E-state index contributed by atoms with van der Waals surface area (Å²) in [6.07, 6.45) is 1.64. The summed E-state index contributed by atoms with van der Waals surface area (Å²) in [6, 6.07) is 14.7. The number of rotatable bonds is 7. The minimum atomic E-state index is -1.11. The number of carboxylic acids is 1. The maximum Gasteiger partial charge on any atom is 0.341 e. The summed E-state index contributed by atoms with van der Waals surface area (Å²) in [5.41, 5.74) is 1.52. The summed E-state index contributed by atoms with van der Waals surface area (Å²) < 4.78 is 11.1. The van der Waals surface area contributed by atoms with Gasteiger partial charge in [-0.15, -0.1) is 0 Å². The van der Waals surface area contributed by atoms with Crippen molar-refractivity contribution in [2.24, 2.45) is 0 Å². The Bertz CT molecular complexity index is 943. The van der Waals surface area contributed by atoms with E-state index in [0.29, 0.717) is 27.1 Å². The smallest absolute Gasteiger partial charge is 0.341 e. The van der Waals surface area contributed by atoms with Gasteiger partial charge in [-0.3, -0.25) is 9.69 Å². The molecule has 1 aliphatic heterocycles. The van der Waals surface area contributed by atoms with Crippen LogP contribution in [0.4, 0.5) is 0 Å². The van der Waals surface area contributed by atoms with E-state index in [9.17, 15) is 9.59 Å². The number of hydrogen-bond acceptors (Lipinski definition) is 6. The number of carbonyl (C=O) groups excluding carboxylic acids is 1. The number of thiocarbonyl (C=S) groups is 1. The molecule has 1 saturated heterocycles. The van der Waals surface area contributed by atoms with Crippen molar-refractivity contribution in [1.29, 1.82) is 0 Å². The third kappa shape index (κ3) is 4.52. The van der Waals surface area contributed by atoms with Gasteiger partial charge in [-0.1, -0.05) is 66.4 Å². The van der Waals surface area contributed by atoms with Crippen LogP contribution in [-0.2, 0) is 16.1 Å². The Labute approximate surface area is 171 Å². The number of ether oxygens (including phenoxy) is 2. The number of carboxylic acid groups (broad SMARTS) is 1. The molecule has 1 fully saturated rings. The van der Waals surface area contributed by atoms with E-state index in [1.165, 1.54) is 18.9 Å². The molecule has 0 aromatic heterocycles. The zero-order valence-corrected chi connectivity index (χ0v) is 16.6. The van der Waals surface area contributed by atoms with Gasteiger partial charge in [0.05, 0.1) is 18.6 Å². The summed E-state index contributed by atoms with van der Waals surface area (Å²) in [4.78, 5) is 25.7. The molecular weight excluding hydrogens is 398 g/mol. The maximum atomic E-state index is 12.8. The Balaban J connectivity index is 1.88. The van der Waals surface area contributed by atoms with Crippen LogP contribution in [0.25, 0.3) is 6.08 Å². The SMILES string of the molecule is COc1cccc(/C=C2\SC(=S)N(Cc3ccccc3)C2=O)c1OCC(=O)O. The molecule has 6 nitrogen and oxygen atoms in total. The summed E-state index contributed by atoms with van der Waals surface area (Å²) in [5, 5.41) is 8.90. The van der Waals surface area contributed by atoms with Gasteiger partial charge in [0.1, 0.15) is 4.32 Å². The lowest BCUT2D eigenvalue weighted by Crippen LogP contribution is -2.27. The van der Waals surface area contributed by atoms with Crippen LogP contribution in [0, 0.1) is 0 Å². The zero-order chi connectivity index (χ0) is 20.1. The van der Waals surface area contributed by atoms with Crippen molar-refractivity contribution in [2.75, 3.05) is 13.7 Å². The van der Waals surface area contributed by atoms with Crippen molar-refractivity contribution in [3.63, 3.8) is 0 Å². The zero-order valence-electron chi connectivity index (χ0n) is 15.0. The van der Waals surface area contributed by atoms with Gasteiger partial charge < -0.3 is 14.6 Å². The molecule has 8 heteroatoms.